The zero-order valence-electron chi connectivity index (χ0n) is 13.3. The average molecular weight is 296 g/mol. The number of methoxy groups -OCH3 is 1. The monoisotopic (exact) mass is 296 g/mol. The van der Waals surface area contributed by atoms with E-state index in [1.165, 1.54) is 45.6 Å². The Kier molecular flexibility index (Phi) is 3.33. The first-order valence-electron chi connectivity index (χ1n) is 8.14. The van der Waals surface area contributed by atoms with Crippen LogP contribution in [0.25, 0.3) is 0 Å². The van der Waals surface area contributed by atoms with Gasteiger partial charge in [-0.15, -0.1) is 0 Å². The van der Waals surface area contributed by atoms with Crippen LogP contribution in [0.5, 0.6) is 0 Å². The van der Waals surface area contributed by atoms with Crippen molar-refractivity contribution in [3.8, 4) is 0 Å². The normalized spacial score (nSPS) is 43.4. The van der Waals surface area contributed by atoms with Crippen LogP contribution < -0.4 is 0 Å². The number of carbonyl (C=O) groups is 1. The maximum Gasteiger partial charge on any atom is 0.311 e. The third-order valence-electron chi connectivity index (χ3n) is 5.96. The van der Waals surface area contributed by atoms with Gasteiger partial charge in [0, 0.05) is 5.41 Å². The first-order valence-corrected chi connectivity index (χ1v) is 11.6. The first-order chi connectivity index (χ1) is 9.36. The van der Waals surface area contributed by atoms with Crippen molar-refractivity contribution < 1.29 is 14.0 Å². The maximum atomic E-state index is 12.4. The summed E-state index contributed by atoms with van der Waals surface area (Å²) in [4.78, 5) is 12.4. The molecule has 4 atom stereocenters. The van der Waals surface area contributed by atoms with Gasteiger partial charge in [-0.1, -0.05) is 19.3 Å². The second-order valence-corrected chi connectivity index (χ2v) is 12.4. The number of esters is 1. The summed E-state index contributed by atoms with van der Waals surface area (Å²) < 4.78 is 11.9. The van der Waals surface area contributed by atoms with E-state index in [4.69, 9.17) is 9.16 Å². The number of ether oxygens (including phenoxy) is 1. The molecule has 0 aromatic carbocycles. The van der Waals surface area contributed by atoms with E-state index in [0.29, 0.717) is 11.3 Å². The molecule has 0 aromatic rings. The zero-order valence-corrected chi connectivity index (χ0v) is 14.3. The summed E-state index contributed by atoms with van der Waals surface area (Å²) >= 11 is 0. The predicted octanol–water partition coefficient (Wildman–Crippen LogP) is 3.74. The smallest absolute Gasteiger partial charge is 0.311 e. The standard InChI is InChI=1S/C16H28O3Si/c1-18-14(17)13-12-8-7-10-15(12)9-5-6-11-16(13,15)19-20(2,3)4/h12-13H,5-11H2,1-4H3/t12-,13?,15-,16+/m1/s1. The molecule has 4 heteroatoms. The Morgan fingerprint density at radius 3 is 2.40 bits per heavy atom. The molecule has 0 radical (unpaired) electrons. The van der Waals surface area contributed by atoms with Crippen LogP contribution in [0.3, 0.4) is 0 Å². The van der Waals surface area contributed by atoms with E-state index in [1.54, 1.807) is 0 Å². The second kappa shape index (κ2) is 4.57. The van der Waals surface area contributed by atoms with Crippen LogP contribution in [-0.2, 0) is 14.0 Å². The molecule has 1 unspecified atom stereocenters. The van der Waals surface area contributed by atoms with E-state index in [1.807, 2.05) is 0 Å². The molecule has 3 aliphatic rings. The largest absolute Gasteiger partial charge is 0.469 e. The van der Waals surface area contributed by atoms with Gasteiger partial charge >= 0.3 is 5.97 Å². The molecule has 20 heavy (non-hydrogen) atoms. The van der Waals surface area contributed by atoms with Crippen LogP contribution in [0.15, 0.2) is 0 Å². The SMILES string of the molecule is COC(=O)C1[C@H]2CCC[C@]23CCCC[C@]13O[Si](C)(C)C. The van der Waals surface area contributed by atoms with Gasteiger partial charge in [0.2, 0.25) is 0 Å². The summed E-state index contributed by atoms with van der Waals surface area (Å²) in [6.45, 7) is 6.75. The van der Waals surface area contributed by atoms with Crippen LogP contribution in [0.1, 0.15) is 44.9 Å². The Hall–Kier alpha value is -0.353. The van der Waals surface area contributed by atoms with Crippen molar-refractivity contribution in [2.75, 3.05) is 7.11 Å². The highest BCUT2D eigenvalue weighted by molar-refractivity contribution is 6.69. The summed E-state index contributed by atoms with van der Waals surface area (Å²) in [6.07, 6.45) is 8.54. The van der Waals surface area contributed by atoms with Crippen LogP contribution in [0.2, 0.25) is 19.6 Å². The Bertz CT molecular complexity index is 416. The lowest BCUT2D eigenvalue weighted by Gasteiger charge is -2.69. The third-order valence-corrected chi connectivity index (χ3v) is 6.94. The zero-order chi connectivity index (χ0) is 14.6. The van der Waals surface area contributed by atoms with Crippen LogP contribution in [0, 0.1) is 17.3 Å². The lowest BCUT2D eigenvalue weighted by molar-refractivity contribution is -0.261. The van der Waals surface area contributed by atoms with Crippen LogP contribution in [-0.4, -0.2) is 27.0 Å². The molecule has 0 saturated heterocycles. The molecule has 3 aliphatic carbocycles. The third kappa shape index (κ3) is 1.76. The van der Waals surface area contributed by atoms with Crippen molar-refractivity contribution in [1.82, 2.24) is 0 Å². The molecular weight excluding hydrogens is 268 g/mol. The highest BCUT2D eigenvalue weighted by Gasteiger charge is 2.76. The van der Waals surface area contributed by atoms with Crippen molar-refractivity contribution in [1.29, 1.82) is 0 Å². The molecule has 3 nitrogen and oxygen atoms in total. The number of hydrogen-bond donors (Lipinski definition) is 0. The van der Waals surface area contributed by atoms with Gasteiger partial charge in [-0.3, -0.25) is 4.79 Å². The molecule has 0 aliphatic heterocycles. The van der Waals surface area contributed by atoms with Crippen molar-refractivity contribution in [2.45, 2.75) is 70.2 Å². The molecular formula is C16H28O3Si. The van der Waals surface area contributed by atoms with Gasteiger partial charge in [0.25, 0.3) is 0 Å². The molecule has 0 heterocycles. The van der Waals surface area contributed by atoms with Gasteiger partial charge in [-0.2, -0.15) is 0 Å². The van der Waals surface area contributed by atoms with E-state index < -0.39 is 8.32 Å². The minimum atomic E-state index is -1.68. The fourth-order valence-electron chi connectivity index (χ4n) is 5.65. The van der Waals surface area contributed by atoms with E-state index in [9.17, 15) is 4.79 Å². The van der Waals surface area contributed by atoms with Gasteiger partial charge in [-0.05, 0) is 51.2 Å². The van der Waals surface area contributed by atoms with E-state index >= 15 is 0 Å². The van der Waals surface area contributed by atoms with Crippen molar-refractivity contribution >= 4 is 14.3 Å². The van der Waals surface area contributed by atoms with E-state index in [2.05, 4.69) is 19.6 Å². The minimum absolute atomic E-state index is 0.00187. The Labute approximate surface area is 123 Å². The molecule has 0 amide bonds. The van der Waals surface area contributed by atoms with Crippen LogP contribution >= 0.6 is 0 Å². The van der Waals surface area contributed by atoms with Gasteiger partial charge < -0.3 is 9.16 Å². The summed E-state index contributed by atoms with van der Waals surface area (Å²) in [5.41, 5.74) is 0.106. The van der Waals surface area contributed by atoms with Gasteiger partial charge in [0.15, 0.2) is 8.32 Å². The Balaban J connectivity index is 2.00. The van der Waals surface area contributed by atoms with Crippen molar-refractivity contribution in [3.63, 3.8) is 0 Å². The highest BCUT2D eigenvalue weighted by atomic mass is 28.4. The van der Waals surface area contributed by atoms with Crippen molar-refractivity contribution in [3.05, 3.63) is 0 Å². The molecule has 1 spiro atoms. The Morgan fingerprint density at radius 1 is 1.10 bits per heavy atom. The van der Waals surface area contributed by atoms with Gasteiger partial charge in [0.05, 0.1) is 18.6 Å². The Morgan fingerprint density at radius 2 is 1.75 bits per heavy atom. The van der Waals surface area contributed by atoms with E-state index in [0.717, 1.165) is 6.42 Å². The molecule has 3 fully saturated rings. The van der Waals surface area contributed by atoms with E-state index in [-0.39, 0.29) is 17.5 Å². The lowest BCUT2D eigenvalue weighted by atomic mass is 9.40. The molecule has 3 saturated carbocycles. The fraction of sp³-hybridized carbons (Fsp3) is 0.938. The average Bonchev–Trinajstić information content (AvgIpc) is 2.69. The van der Waals surface area contributed by atoms with Gasteiger partial charge in [0.1, 0.15) is 0 Å². The van der Waals surface area contributed by atoms with Crippen LogP contribution in [0.4, 0.5) is 0 Å². The summed E-state index contributed by atoms with van der Waals surface area (Å²) in [7, 11) is -0.151. The van der Waals surface area contributed by atoms with Gasteiger partial charge in [-0.25, -0.2) is 0 Å². The number of rotatable bonds is 3. The molecule has 114 valence electrons. The molecule has 0 N–H and O–H groups in total. The second-order valence-electron chi connectivity index (χ2n) is 7.97. The molecule has 0 aromatic heterocycles. The summed E-state index contributed by atoms with van der Waals surface area (Å²) in [6, 6.07) is 0. The number of hydrogen-bond acceptors (Lipinski definition) is 3. The topological polar surface area (TPSA) is 35.5 Å². The quantitative estimate of drug-likeness (QED) is 0.588. The molecule has 0 bridgehead atoms. The first kappa shape index (κ1) is 14.6. The minimum Gasteiger partial charge on any atom is -0.469 e. The van der Waals surface area contributed by atoms with Crippen molar-refractivity contribution in [2.24, 2.45) is 17.3 Å². The summed E-state index contributed by atoms with van der Waals surface area (Å²) in [5.74, 6) is 0.501. The molecule has 3 rings (SSSR count). The maximum absolute atomic E-state index is 12.4. The highest BCUT2D eigenvalue weighted by Crippen LogP contribution is 2.73. The number of carbonyl (C=O) groups excluding carboxylic acids is 1. The lowest BCUT2D eigenvalue weighted by Crippen LogP contribution is -2.74. The fourth-order valence-corrected chi connectivity index (χ4v) is 7.17. The summed E-state index contributed by atoms with van der Waals surface area (Å²) in [5, 5.41) is 0. The predicted molar refractivity (Wildman–Crippen MR) is 80.9 cm³/mol.